The van der Waals surface area contributed by atoms with Crippen molar-refractivity contribution in [3.8, 4) is 16.9 Å². The average molecular weight is 353 g/mol. The summed E-state index contributed by atoms with van der Waals surface area (Å²) in [4.78, 5) is 0. The van der Waals surface area contributed by atoms with Crippen molar-refractivity contribution in [2.45, 2.75) is 13.3 Å². The molecule has 0 bridgehead atoms. The van der Waals surface area contributed by atoms with Crippen molar-refractivity contribution < 1.29 is 13.2 Å². The Morgan fingerprint density at radius 3 is 2.56 bits per heavy atom. The molecule has 0 aromatic heterocycles. The van der Waals surface area contributed by atoms with Crippen LogP contribution in [0.1, 0.15) is 11.1 Å². The molecule has 1 N–H and O–H groups in total. The minimum atomic E-state index is -3.26. The van der Waals surface area contributed by atoms with E-state index in [4.69, 9.17) is 4.74 Å². The van der Waals surface area contributed by atoms with Crippen LogP contribution in [0.5, 0.6) is 5.75 Å². The van der Waals surface area contributed by atoms with Crippen molar-refractivity contribution in [2.75, 3.05) is 17.6 Å². The largest absolute Gasteiger partial charge is 0.497 e. The van der Waals surface area contributed by atoms with Crippen molar-refractivity contribution in [1.29, 1.82) is 0 Å². The van der Waals surface area contributed by atoms with Crippen LogP contribution in [0.3, 0.4) is 0 Å². The normalized spacial score (nSPS) is 15.4. The fraction of sp³-hybridized carbons (Fsp3) is 0.200. The van der Waals surface area contributed by atoms with Gasteiger partial charge in [0.05, 0.1) is 18.6 Å². The Morgan fingerprint density at radius 2 is 1.76 bits per heavy atom. The maximum atomic E-state index is 12.0. The van der Waals surface area contributed by atoms with Crippen LogP contribution >= 0.6 is 0 Å². The molecule has 3 aromatic carbocycles. The molecular formula is C20H19NO3S. The first kappa shape index (κ1) is 16.0. The number of fused-ring (bicyclic) bond motifs is 2. The van der Waals surface area contributed by atoms with Crippen LogP contribution in [0, 0.1) is 6.92 Å². The van der Waals surface area contributed by atoms with Gasteiger partial charge >= 0.3 is 0 Å². The number of anilines is 1. The summed E-state index contributed by atoms with van der Waals surface area (Å²) in [6, 6.07) is 16.2. The predicted molar refractivity (Wildman–Crippen MR) is 102 cm³/mol. The van der Waals surface area contributed by atoms with Crippen molar-refractivity contribution >= 4 is 26.5 Å². The van der Waals surface area contributed by atoms with Gasteiger partial charge in [-0.15, -0.1) is 0 Å². The van der Waals surface area contributed by atoms with Crippen LogP contribution in [-0.2, 0) is 16.4 Å². The van der Waals surface area contributed by atoms with Gasteiger partial charge in [0.15, 0.2) is 0 Å². The van der Waals surface area contributed by atoms with E-state index < -0.39 is 10.0 Å². The number of benzene rings is 3. The van der Waals surface area contributed by atoms with E-state index in [9.17, 15) is 8.42 Å². The molecule has 128 valence electrons. The Morgan fingerprint density at radius 1 is 1.00 bits per heavy atom. The highest BCUT2D eigenvalue weighted by Gasteiger charge is 2.23. The van der Waals surface area contributed by atoms with Crippen LogP contribution in [0.4, 0.5) is 5.69 Å². The lowest BCUT2D eigenvalue weighted by Gasteiger charge is -2.22. The van der Waals surface area contributed by atoms with Crippen LogP contribution in [0.15, 0.2) is 48.5 Å². The second kappa shape index (κ2) is 5.77. The van der Waals surface area contributed by atoms with Crippen molar-refractivity contribution in [3.05, 3.63) is 59.7 Å². The first-order valence-corrected chi connectivity index (χ1v) is 9.83. The lowest BCUT2D eigenvalue weighted by molar-refractivity contribution is 0.415. The Labute approximate surface area is 147 Å². The molecule has 0 radical (unpaired) electrons. The number of aryl methyl sites for hydroxylation is 2. The van der Waals surface area contributed by atoms with Crippen molar-refractivity contribution in [3.63, 3.8) is 0 Å². The van der Waals surface area contributed by atoms with Gasteiger partial charge in [-0.25, -0.2) is 8.42 Å². The molecular weight excluding hydrogens is 334 g/mol. The van der Waals surface area contributed by atoms with Crippen molar-refractivity contribution in [1.82, 2.24) is 0 Å². The molecule has 0 saturated carbocycles. The molecule has 5 heteroatoms. The minimum Gasteiger partial charge on any atom is -0.497 e. The zero-order valence-electron chi connectivity index (χ0n) is 14.2. The predicted octanol–water partition coefficient (Wildman–Crippen LogP) is 4.12. The first-order chi connectivity index (χ1) is 11.9. The third-order valence-corrected chi connectivity index (χ3v) is 5.88. The molecule has 4 rings (SSSR count). The maximum absolute atomic E-state index is 12.0. The molecule has 25 heavy (non-hydrogen) atoms. The van der Waals surface area contributed by atoms with E-state index >= 15 is 0 Å². The Hall–Kier alpha value is -2.53. The molecule has 1 aliphatic heterocycles. The SMILES string of the molecule is COc1ccc2cc(-c3cc(C)cc4c3NS(=O)(=O)CC4)ccc2c1. The molecule has 0 spiro atoms. The van der Waals surface area contributed by atoms with Crippen LogP contribution < -0.4 is 9.46 Å². The number of hydrogen-bond acceptors (Lipinski definition) is 3. The zero-order valence-corrected chi connectivity index (χ0v) is 15.0. The van der Waals surface area contributed by atoms with Crippen LogP contribution in [0.25, 0.3) is 21.9 Å². The molecule has 0 atom stereocenters. The van der Waals surface area contributed by atoms with E-state index in [1.54, 1.807) is 7.11 Å². The number of methoxy groups -OCH3 is 1. The van der Waals surface area contributed by atoms with Gasteiger partial charge in [-0.05, 0) is 59.5 Å². The van der Waals surface area contributed by atoms with Gasteiger partial charge in [0.1, 0.15) is 5.75 Å². The monoisotopic (exact) mass is 353 g/mol. The molecule has 0 unspecified atom stereocenters. The highest BCUT2D eigenvalue weighted by molar-refractivity contribution is 7.92. The molecule has 0 amide bonds. The summed E-state index contributed by atoms with van der Waals surface area (Å²) < 4.78 is 32.1. The van der Waals surface area contributed by atoms with E-state index in [1.165, 1.54) is 0 Å². The van der Waals surface area contributed by atoms with Crippen molar-refractivity contribution in [2.24, 2.45) is 0 Å². The third kappa shape index (κ3) is 2.96. The smallest absolute Gasteiger partial charge is 0.233 e. The van der Waals surface area contributed by atoms with Gasteiger partial charge in [0, 0.05) is 5.56 Å². The van der Waals surface area contributed by atoms with Gasteiger partial charge in [-0.1, -0.05) is 29.8 Å². The third-order valence-electron chi connectivity index (χ3n) is 4.62. The Balaban J connectivity index is 1.90. The first-order valence-electron chi connectivity index (χ1n) is 8.17. The average Bonchev–Trinajstić information content (AvgIpc) is 2.60. The molecule has 3 aromatic rings. The summed E-state index contributed by atoms with van der Waals surface area (Å²) in [6.45, 7) is 2.04. The second-order valence-electron chi connectivity index (χ2n) is 6.45. The summed E-state index contributed by atoms with van der Waals surface area (Å²) in [5.74, 6) is 0.960. The summed E-state index contributed by atoms with van der Waals surface area (Å²) in [5.41, 5.74) is 4.83. The maximum Gasteiger partial charge on any atom is 0.233 e. The van der Waals surface area contributed by atoms with Gasteiger partial charge in [0.2, 0.25) is 10.0 Å². The molecule has 1 heterocycles. The number of ether oxygens (including phenoxy) is 1. The van der Waals surface area contributed by atoms with Gasteiger partial charge in [0.25, 0.3) is 0 Å². The van der Waals surface area contributed by atoms with E-state index in [0.717, 1.165) is 38.8 Å². The number of sulfonamides is 1. The van der Waals surface area contributed by atoms with Gasteiger partial charge in [-0.2, -0.15) is 0 Å². The minimum absolute atomic E-state index is 0.139. The van der Waals surface area contributed by atoms with E-state index in [1.807, 2.05) is 43.3 Å². The Kier molecular flexibility index (Phi) is 3.69. The van der Waals surface area contributed by atoms with Gasteiger partial charge in [-0.3, -0.25) is 4.72 Å². The standard InChI is InChI=1S/C20H19NO3S/c1-13-9-17-7-8-25(22,23)21-20(17)19(10-13)16-4-3-15-12-18(24-2)6-5-14(15)11-16/h3-6,9-12,21H,7-8H2,1-2H3. The second-order valence-corrected chi connectivity index (χ2v) is 8.29. The highest BCUT2D eigenvalue weighted by Crippen LogP contribution is 2.37. The highest BCUT2D eigenvalue weighted by atomic mass is 32.2. The van der Waals surface area contributed by atoms with Crippen LogP contribution in [-0.4, -0.2) is 21.3 Å². The van der Waals surface area contributed by atoms with Gasteiger partial charge < -0.3 is 4.74 Å². The molecule has 1 aliphatic rings. The lowest BCUT2D eigenvalue weighted by atomic mass is 9.95. The molecule has 0 saturated heterocycles. The van der Waals surface area contributed by atoms with E-state index in [0.29, 0.717) is 12.1 Å². The topological polar surface area (TPSA) is 55.4 Å². The zero-order chi connectivity index (χ0) is 17.6. The number of rotatable bonds is 2. The molecule has 4 nitrogen and oxygen atoms in total. The Bertz CT molecular complexity index is 1090. The fourth-order valence-corrected chi connectivity index (χ4v) is 4.52. The van der Waals surface area contributed by atoms with E-state index in [-0.39, 0.29) is 5.75 Å². The molecule has 0 aliphatic carbocycles. The quantitative estimate of drug-likeness (QED) is 0.754. The summed E-state index contributed by atoms with van der Waals surface area (Å²) in [5, 5.41) is 2.18. The number of nitrogens with one attached hydrogen (secondary N) is 1. The molecule has 0 fully saturated rings. The summed E-state index contributed by atoms with van der Waals surface area (Å²) in [7, 11) is -1.60. The van der Waals surface area contributed by atoms with Crippen LogP contribution in [0.2, 0.25) is 0 Å². The summed E-state index contributed by atoms with van der Waals surface area (Å²) >= 11 is 0. The summed E-state index contributed by atoms with van der Waals surface area (Å²) in [6.07, 6.45) is 0.546. The van der Waals surface area contributed by atoms with E-state index in [2.05, 4.69) is 16.9 Å². The lowest BCUT2D eigenvalue weighted by Crippen LogP contribution is -2.24. The number of hydrogen-bond donors (Lipinski definition) is 1. The fourth-order valence-electron chi connectivity index (χ4n) is 3.38.